The summed E-state index contributed by atoms with van der Waals surface area (Å²) in [5.41, 5.74) is 0.613. The predicted molar refractivity (Wildman–Crippen MR) is 85.0 cm³/mol. The molecule has 2 rings (SSSR count). The van der Waals surface area contributed by atoms with Crippen LogP contribution in [0, 0.1) is 10.1 Å². The summed E-state index contributed by atoms with van der Waals surface area (Å²) in [4.78, 5) is 10.4. The lowest BCUT2D eigenvalue weighted by Gasteiger charge is -2.09. The number of alkyl halides is 1. The molecule has 0 aliphatic rings. The van der Waals surface area contributed by atoms with Gasteiger partial charge in [-0.3, -0.25) is 10.1 Å². The molecule has 7 heteroatoms. The van der Waals surface area contributed by atoms with E-state index in [1.165, 1.54) is 6.07 Å². The number of hydrogen-bond acceptors (Lipinski definition) is 3. The van der Waals surface area contributed by atoms with E-state index in [1.807, 2.05) is 0 Å². The topological polar surface area (TPSA) is 52.4 Å². The third-order valence-electron chi connectivity index (χ3n) is 2.51. The van der Waals surface area contributed by atoms with Gasteiger partial charge in [0, 0.05) is 22.0 Å². The zero-order valence-electron chi connectivity index (χ0n) is 9.98. The van der Waals surface area contributed by atoms with Crippen LogP contribution in [0.5, 0.6) is 11.5 Å². The molecule has 0 aromatic heterocycles. The minimum Gasteiger partial charge on any atom is -0.456 e. The minimum absolute atomic E-state index is 0.0596. The Bertz CT molecular complexity index is 664. The molecule has 2 aromatic rings. The van der Waals surface area contributed by atoms with E-state index < -0.39 is 4.92 Å². The maximum absolute atomic E-state index is 10.9. The Balaban J connectivity index is 2.32. The lowest BCUT2D eigenvalue weighted by Crippen LogP contribution is -1.94. The molecule has 0 radical (unpaired) electrons. The molecule has 0 aliphatic heterocycles. The molecule has 0 amide bonds. The summed E-state index contributed by atoms with van der Waals surface area (Å²) in [5.74, 6) is 1.11. The summed E-state index contributed by atoms with van der Waals surface area (Å²) in [6, 6.07) is 9.77. The van der Waals surface area contributed by atoms with E-state index in [-0.39, 0.29) is 5.69 Å². The van der Waals surface area contributed by atoms with Crippen molar-refractivity contribution in [1.82, 2.24) is 0 Å². The average molecular weight is 421 g/mol. The van der Waals surface area contributed by atoms with Crippen LogP contribution in [0.3, 0.4) is 0 Å². The Labute approximate surface area is 137 Å². The van der Waals surface area contributed by atoms with Crippen LogP contribution in [0.1, 0.15) is 5.56 Å². The molecular formula is C13H8Br2ClNO3. The fourth-order valence-electron chi connectivity index (χ4n) is 1.60. The van der Waals surface area contributed by atoms with Gasteiger partial charge in [-0.15, -0.1) is 0 Å². The largest absolute Gasteiger partial charge is 0.456 e. The van der Waals surface area contributed by atoms with Gasteiger partial charge in [-0.2, -0.15) is 0 Å². The van der Waals surface area contributed by atoms with Crippen molar-refractivity contribution in [2.45, 2.75) is 5.33 Å². The van der Waals surface area contributed by atoms with Crippen molar-refractivity contribution in [3.8, 4) is 11.5 Å². The average Bonchev–Trinajstić information content (AvgIpc) is 2.41. The van der Waals surface area contributed by atoms with Crippen LogP contribution < -0.4 is 4.74 Å². The SMILES string of the molecule is O=[N+]([O-])c1ccc(Oc2ccc(Cl)cc2Br)cc1CBr. The molecule has 0 unspecified atom stereocenters. The van der Waals surface area contributed by atoms with Crippen molar-refractivity contribution in [3.05, 3.63) is 61.6 Å². The number of nitrogens with zero attached hydrogens (tertiary/aromatic N) is 1. The first-order valence-electron chi connectivity index (χ1n) is 5.47. The van der Waals surface area contributed by atoms with Gasteiger partial charge in [0.25, 0.3) is 5.69 Å². The predicted octanol–water partition coefficient (Wildman–Crippen LogP) is 5.70. The molecular weight excluding hydrogens is 413 g/mol. The van der Waals surface area contributed by atoms with Crippen LogP contribution in [-0.2, 0) is 5.33 Å². The van der Waals surface area contributed by atoms with E-state index in [0.29, 0.717) is 31.9 Å². The van der Waals surface area contributed by atoms with Crippen molar-refractivity contribution in [2.24, 2.45) is 0 Å². The summed E-state index contributed by atoms with van der Waals surface area (Å²) in [7, 11) is 0. The first kappa shape index (κ1) is 15.3. The number of rotatable bonds is 4. The lowest BCUT2D eigenvalue weighted by atomic mass is 10.2. The molecule has 0 spiro atoms. The van der Waals surface area contributed by atoms with Gasteiger partial charge in [-0.1, -0.05) is 27.5 Å². The summed E-state index contributed by atoms with van der Waals surface area (Å²) >= 11 is 12.4. The minimum atomic E-state index is -0.418. The van der Waals surface area contributed by atoms with Gasteiger partial charge < -0.3 is 4.74 Å². The molecule has 0 atom stereocenters. The maximum atomic E-state index is 10.9. The van der Waals surface area contributed by atoms with Crippen LogP contribution in [-0.4, -0.2) is 4.92 Å². The normalized spacial score (nSPS) is 10.3. The molecule has 2 aromatic carbocycles. The van der Waals surface area contributed by atoms with Crippen molar-refractivity contribution in [1.29, 1.82) is 0 Å². The van der Waals surface area contributed by atoms with Gasteiger partial charge in [0.1, 0.15) is 11.5 Å². The van der Waals surface area contributed by atoms with Crippen LogP contribution in [0.4, 0.5) is 5.69 Å². The molecule has 0 bridgehead atoms. The zero-order valence-corrected chi connectivity index (χ0v) is 13.9. The summed E-state index contributed by atoms with van der Waals surface area (Å²) in [6.45, 7) is 0. The fourth-order valence-corrected chi connectivity index (χ4v) is 2.81. The third kappa shape index (κ3) is 3.50. The number of nitro groups is 1. The number of ether oxygens (including phenoxy) is 1. The first-order chi connectivity index (χ1) is 9.51. The monoisotopic (exact) mass is 419 g/mol. The summed E-state index contributed by atoms with van der Waals surface area (Å²) < 4.78 is 6.40. The zero-order chi connectivity index (χ0) is 14.7. The maximum Gasteiger partial charge on any atom is 0.273 e. The quantitative estimate of drug-likeness (QED) is 0.362. The van der Waals surface area contributed by atoms with Gasteiger partial charge in [0.2, 0.25) is 0 Å². The molecule has 0 saturated heterocycles. The second-order valence-electron chi connectivity index (χ2n) is 3.86. The molecule has 0 fully saturated rings. The highest BCUT2D eigenvalue weighted by molar-refractivity contribution is 9.10. The summed E-state index contributed by atoms with van der Waals surface area (Å²) in [5, 5.41) is 11.8. The first-order valence-corrected chi connectivity index (χ1v) is 7.76. The highest BCUT2D eigenvalue weighted by Gasteiger charge is 2.14. The van der Waals surface area contributed by atoms with Crippen LogP contribution >= 0.6 is 43.5 Å². The molecule has 0 N–H and O–H groups in total. The smallest absolute Gasteiger partial charge is 0.273 e. The van der Waals surface area contributed by atoms with Gasteiger partial charge in [0.05, 0.1) is 9.40 Å². The fraction of sp³-hybridized carbons (Fsp3) is 0.0769. The highest BCUT2D eigenvalue weighted by atomic mass is 79.9. The Morgan fingerprint density at radius 2 is 2.00 bits per heavy atom. The van der Waals surface area contributed by atoms with Gasteiger partial charge in [0.15, 0.2) is 0 Å². The van der Waals surface area contributed by atoms with Gasteiger partial charge >= 0.3 is 0 Å². The van der Waals surface area contributed by atoms with E-state index in [2.05, 4.69) is 31.9 Å². The van der Waals surface area contributed by atoms with E-state index in [0.717, 1.165) is 0 Å². The van der Waals surface area contributed by atoms with Crippen LogP contribution in [0.25, 0.3) is 0 Å². The lowest BCUT2D eigenvalue weighted by molar-refractivity contribution is -0.385. The van der Waals surface area contributed by atoms with Crippen molar-refractivity contribution in [2.75, 3.05) is 0 Å². The summed E-state index contributed by atoms with van der Waals surface area (Å²) in [6.07, 6.45) is 0. The molecule has 0 heterocycles. The molecule has 20 heavy (non-hydrogen) atoms. The third-order valence-corrected chi connectivity index (χ3v) is 3.97. The Hall–Kier alpha value is -1.11. The van der Waals surface area contributed by atoms with Crippen LogP contribution in [0.2, 0.25) is 5.02 Å². The second-order valence-corrected chi connectivity index (χ2v) is 5.71. The molecule has 4 nitrogen and oxygen atoms in total. The Morgan fingerprint density at radius 3 is 2.60 bits per heavy atom. The number of nitro benzene ring substituents is 1. The second kappa shape index (κ2) is 6.56. The number of halogens is 3. The molecule has 104 valence electrons. The highest BCUT2D eigenvalue weighted by Crippen LogP contribution is 2.34. The van der Waals surface area contributed by atoms with E-state index >= 15 is 0 Å². The van der Waals surface area contributed by atoms with E-state index in [9.17, 15) is 10.1 Å². The van der Waals surface area contributed by atoms with Gasteiger partial charge in [-0.25, -0.2) is 0 Å². The standard InChI is InChI=1S/C13H8Br2ClNO3/c14-7-8-5-10(2-3-12(8)17(18)19)20-13-4-1-9(16)6-11(13)15/h1-6H,7H2. The van der Waals surface area contributed by atoms with Gasteiger partial charge in [-0.05, 0) is 46.3 Å². The molecule has 0 saturated carbocycles. The van der Waals surface area contributed by atoms with Crippen LogP contribution in [0.15, 0.2) is 40.9 Å². The van der Waals surface area contributed by atoms with Crippen molar-refractivity contribution in [3.63, 3.8) is 0 Å². The van der Waals surface area contributed by atoms with E-state index in [4.69, 9.17) is 16.3 Å². The molecule has 0 aliphatic carbocycles. The Morgan fingerprint density at radius 1 is 1.25 bits per heavy atom. The van der Waals surface area contributed by atoms with Crippen molar-refractivity contribution < 1.29 is 9.66 Å². The van der Waals surface area contributed by atoms with Crippen molar-refractivity contribution >= 4 is 49.1 Å². The Kier molecular flexibility index (Phi) is 5.01. The van der Waals surface area contributed by atoms with E-state index in [1.54, 1.807) is 30.3 Å². The number of hydrogen-bond donors (Lipinski definition) is 0. The number of benzene rings is 2.